The van der Waals surface area contributed by atoms with E-state index < -0.39 is 0 Å². The highest BCUT2D eigenvalue weighted by molar-refractivity contribution is 5.85. The van der Waals surface area contributed by atoms with Crippen molar-refractivity contribution < 1.29 is 14.3 Å². The fourth-order valence-corrected chi connectivity index (χ4v) is 4.37. The van der Waals surface area contributed by atoms with Crippen LogP contribution in [0.2, 0.25) is 0 Å². The molecule has 0 spiro atoms. The summed E-state index contributed by atoms with van der Waals surface area (Å²) in [4.78, 5) is 12.9. The van der Waals surface area contributed by atoms with E-state index >= 15 is 0 Å². The van der Waals surface area contributed by atoms with Crippen LogP contribution in [0.15, 0.2) is 30.6 Å². The number of aryl methyl sites for hydroxylation is 1. The predicted octanol–water partition coefficient (Wildman–Crippen LogP) is 2.79. The normalized spacial score (nSPS) is 21.3. The van der Waals surface area contributed by atoms with Crippen LogP contribution < -0.4 is 20.1 Å². The van der Waals surface area contributed by atoms with Crippen LogP contribution in [0.25, 0.3) is 0 Å². The molecule has 4 rings (SSSR count). The molecule has 2 N–H and O–H groups in total. The van der Waals surface area contributed by atoms with Crippen molar-refractivity contribution in [3.8, 4) is 11.5 Å². The van der Waals surface area contributed by atoms with Crippen molar-refractivity contribution in [2.75, 3.05) is 20.2 Å². The second-order valence-electron chi connectivity index (χ2n) is 8.05. The molecule has 1 aromatic heterocycles. The Morgan fingerprint density at radius 2 is 2.07 bits per heavy atom. The van der Waals surface area contributed by atoms with Crippen LogP contribution in [0.5, 0.6) is 11.5 Å². The number of nitrogens with zero attached hydrogens (tertiary/aromatic N) is 2. The van der Waals surface area contributed by atoms with Crippen molar-refractivity contribution in [1.82, 2.24) is 20.4 Å². The summed E-state index contributed by atoms with van der Waals surface area (Å²) in [6.07, 6.45) is 8.73. The Bertz CT molecular complexity index is 851. The number of halogens is 1. The highest BCUT2D eigenvalue weighted by atomic mass is 35.5. The fraction of sp³-hybridized carbons (Fsp3) is 0.545. The summed E-state index contributed by atoms with van der Waals surface area (Å²) in [5.41, 5.74) is 2.12. The van der Waals surface area contributed by atoms with Gasteiger partial charge in [0.2, 0.25) is 5.91 Å². The van der Waals surface area contributed by atoms with Crippen LogP contribution >= 0.6 is 12.4 Å². The summed E-state index contributed by atoms with van der Waals surface area (Å²) in [5, 5.41) is 10.7. The molecule has 2 fully saturated rings. The van der Waals surface area contributed by atoms with Gasteiger partial charge in [0.15, 0.2) is 11.5 Å². The molecule has 2 atom stereocenters. The van der Waals surface area contributed by atoms with E-state index in [-0.39, 0.29) is 36.3 Å². The average Bonchev–Trinajstić information content (AvgIpc) is 3.48. The van der Waals surface area contributed by atoms with Gasteiger partial charge in [-0.1, -0.05) is 6.07 Å². The molecular weight excluding hydrogens is 404 g/mol. The van der Waals surface area contributed by atoms with Gasteiger partial charge in [0.05, 0.1) is 25.3 Å². The SMILES string of the molecule is COc1ccc(CNC(=O)[C@H]2CNC[C@@H]2c2cnn(C)c2)cc1OC1CCCC1.Cl. The van der Waals surface area contributed by atoms with Crippen LogP contribution in [0.1, 0.15) is 42.7 Å². The van der Waals surface area contributed by atoms with E-state index in [1.54, 1.807) is 11.8 Å². The van der Waals surface area contributed by atoms with E-state index in [1.807, 2.05) is 37.6 Å². The van der Waals surface area contributed by atoms with Crippen LogP contribution in [0, 0.1) is 5.92 Å². The summed E-state index contributed by atoms with van der Waals surface area (Å²) >= 11 is 0. The molecule has 1 aliphatic carbocycles. The Hall–Kier alpha value is -2.25. The summed E-state index contributed by atoms with van der Waals surface area (Å²) < 4.78 is 13.4. The van der Waals surface area contributed by atoms with Crippen molar-refractivity contribution in [2.24, 2.45) is 13.0 Å². The topological polar surface area (TPSA) is 77.4 Å². The maximum atomic E-state index is 12.9. The molecule has 0 unspecified atom stereocenters. The lowest BCUT2D eigenvalue weighted by molar-refractivity contribution is -0.125. The van der Waals surface area contributed by atoms with Gasteiger partial charge in [0.1, 0.15) is 0 Å². The number of carbonyl (C=O) groups excluding carboxylic acids is 1. The number of hydrogen-bond donors (Lipinski definition) is 2. The zero-order valence-corrected chi connectivity index (χ0v) is 18.4. The first-order valence-electron chi connectivity index (χ1n) is 10.4. The molecule has 7 nitrogen and oxygen atoms in total. The third kappa shape index (κ3) is 5.08. The molecule has 1 aromatic carbocycles. The monoisotopic (exact) mass is 434 g/mol. The number of aromatic nitrogens is 2. The van der Waals surface area contributed by atoms with Gasteiger partial charge in [-0.3, -0.25) is 9.48 Å². The lowest BCUT2D eigenvalue weighted by Crippen LogP contribution is -2.34. The minimum absolute atomic E-state index is 0. The smallest absolute Gasteiger partial charge is 0.225 e. The van der Waals surface area contributed by atoms with Crippen molar-refractivity contribution in [1.29, 1.82) is 0 Å². The van der Waals surface area contributed by atoms with Gasteiger partial charge in [-0.2, -0.15) is 5.10 Å². The van der Waals surface area contributed by atoms with E-state index in [9.17, 15) is 4.79 Å². The highest BCUT2D eigenvalue weighted by Crippen LogP contribution is 2.33. The maximum Gasteiger partial charge on any atom is 0.225 e. The minimum atomic E-state index is -0.0911. The van der Waals surface area contributed by atoms with E-state index in [0.29, 0.717) is 13.1 Å². The molecule has 30 heavy (non-hydrogen) atoms. The van der Waals surface area contributed by atoms with E-state index in [4.69, 9.17) is 9.47 Å². The number of hydrogen-bond acceptors (Lipinski definition) is 5. The Kier molecular flexibility index (Phi) is 7.61. The molecule has 1 aliphatic heterocycles. The van der Waals surface area contributed by atoms with Gasteiger partial charge < -0.3 is 20.1 Å². The molecule has 8 heteroatoms. The van der Waals surface area contributed by atoms with Gasteiger partial charge in [-0.15, -0.1) is 12.4 Å². The van der Waals surface area contributed by atoms with Crippen LogP contribution in [0.4, 0.5) is 0 Å². The summed E-state index contributed by atoms with van der Waals surface area (Å²) in [6.45, 7) is 1.95. The largest absolute Gasteiger partial charge is 0.493 e. The average molecular weight is 435 g/mol. The van der Waals surface area contributed by atoms with E-state index in [1.165, 1.54) is 12.8 Å². The van der Waals surface area contributed by atoms with Gasteiger partial charge in [-0.05, 0) is 48.9 Å². The van der Waals surface area contributed by atoms with Crippen molar-refractivity contribution in [3.63, 3.8) is 0 Å². The van der Waals surface area contributed by atoms with Gasteiger partial charge in [-0.25, -0.2) is 0 Å². The third-order valence-electron chi connectivity index (χ3n) is 5.99. The van der Waals surface area contributed by atoms with Gasteiger partial charge >= 0.3 is 0 Å². The Balaban J connectivity index is 0.00000256. The zero-order chi connectivity index (χ0) is 20.2. The van der Waals surface area contributed by atoms with Crippen LogP contribution in [-0.4, -0.2) is 42.0 Å². The van der Waals surface area contributed by atoms with Crippen molar-refractivity contribution in [2.45, 2.75) is 44.2 Å². The van der Waals surface area contributed by atoms with Gasteiger partial charge in [0.25, 0.3) is 0 Å². The molecule has 2 aromatic rings. The second-order valence-corrected chi connectivity index (χ2v) is 8.05. The van der Waals surface area contributed by atoms with Gasteiger partial charge in [0, 0.05) is 38.8 Å². The molecule has 1 amide bonds. The molecule has 0 radical (unpaired) electrons. The first-order chi connectivity index (χ1) is 14.1. The molecular formula is C22H31ClN4O3. The molecule has 0 bridgehead atoms. The fourth-order valence-electron chi connectivity index (χ4n) is 4.37. The lowest BCUT2D eigenvalue weighted by atomic mass is 9.90. The van der Waals surface area contributed by atoms with Crippen LogP contribution in [-0.2, 0) is 18.4 Å². The maximum absolute atomic E-state index is 12.9. The first kappa shape index (κ1) is 22.4. The zero-order valence-electron chi connectivity index (χ0n) is 17.6. The first-order valence-corrected chi connectivity index (χ1v) is 10.4. The Morgan fingerprint density at radius 1 is 1.27 bits per heavy atom. The number of rotatable bonds is 7. The molecule has 1 saturated carbocycles. The second kappa shape index (κ2) is 10.2. The number of ether oxygens (including phenoxy) is 2. The van der Waals surface area contributed by atoms with Crippen molar-refractivity contribution in [3.05, 3.63) is 41.7 Å². The predicted molar refractivity (Wildman–Crippen MR) is 117 cm³/mol. The lowest BCUT2D eigenvalue weighted by Gasteiger charge is -2.19. The number of benzene rings is 1. The summed E-state index contributed by atoms with van der Waals surface area (Å²) in [5.74, 6) is 1.64. The Morgan fingerprint density at radius 3 is 2.77 bits per heavy atom. The minimum Gasteiger partial charge on any atom is -0.493 e. The molecule has 164 valence electrons. The van der Waals surface area contributed by atoms with Crippen LogP contribution in [0.3, 0.4) is 0 Å². The molecule has 2 aliphatic rings. The Labute approximate surface area is 183 Å². The van der Waals surface area contributed by atoms with Crippen molar-refractivity contribution >= 4 is 18.3 Å². The highest BCUT2D eigenvalue weighted by Gasteiger charge is 2.34. The number of amides is 1. The number of carbonyl (C=O) groups is 1. The number of methoxy groups -OCH3 is 1. The third-order valence-corrected chi connectivity index (χ3v) is 5.99. The van der Waals surface area contributed by atoms with E-state index in [2.05, 4.69) is 15.7 Å². The number of nitrogens with one attached hydrogen (secondary N) is 2. The standard InChI is InChI=1S/C22H30N4O3.ClH/c1-26-14-16(11-25-26)18-12-23-13-19(18)22(27)24-10-15-7-8-20(28-2)21(9-15)29-17-5-3-4-6-17;/h7-9,11,14,17-19,23H,3-6,10,12-13H2,1-2H3,(H,24,27);1H/t18-,19+;/m1./s1. The van der Waals surface area contributed by atoms with E-state index in [0.717, 1.165) is 42.0 Å². The summed E-state index contributed by atoms with van der Waals surface area (Å²) in [7, 11) is 3.56. The summed E-state index contributed by atoms with van der Waals surface area (Å²) in [6, 6.07) is 5.89. The molecule has 1 saturated heterocycles. The quantitative estimate of drug-likeness (QED) is 0.700. The molecule has 2 heterocycles.